The number of carbonyl (C=O) groups is 4. The van der Waals surface area contributed by atoms with Gasteiger partial charge in [0.1, 0.15) is 16.3 Å². The quantitative estimate of drug-likeness (QED) is 0.0734. The van der Waals surface area contributed by atoms with Crippen LogP contribution < -0.4 is 0 Å². The van der Waals surface area contributed by atoms with Gasteiger partial charge in [-0.25, -0.2) is 14.6 Å². The molecule has 2 aliphatic rings. The largest absolute Gasteiger partial charge is 0.457 e. The molecule has 0 N–H and O–H groups in total. The van der Waals surface area contributed by atoms with E-state index >= 15 is 0 Å². The van der Waals surface area contributed by atoms with Gasteiger partial charge in [-0.3, -0.25) is 14.5 Å². The molecule has 0 saturated carbocycles. The Balaban J connectivity index is 1.83. The zero-order chi connectivity index (χ0) is 29.3. The number of thioether (sulfide) groups is 1. The molecule has 2 unspecified atom stereocenters. The number of halogens is 1. The number of hydrogen-bond acceptors (Lipinski definition) is 12. The molecule has 1 amide bonds. The highest BCUT2D eigenvalue weighted by atomic mass is 35.5. The number of nitrogens with zero attached hydrogens (tertiary/aromatic N) is 4. The molecular formula is C23H29BClN4O7PS2. The first-order valence-corrected chi connectivity index (χ1v) is 16.0. The number of Topliss-reactive ketones (excluding diaryl/α,β-unsaturated/α-hetero) is 1. The van der Waals surface area contributed by atoms with E-state index in [1.807, 2.05) is 0 Å². The van der Waals surface area contributed by atoms with Gasteiger partial charge in [0, 0.05) is 26.1 Å². The molecule has 2 radical (unpaired) electrons. The fourth-order valence-corrected chi connectivity index (χ4v) is 6.16. The lowest BCUT2D eigenvalue weighted by Gasteiger charge is -2.49. The Morgan fingerprint density at radius 1 is 1.26 bits per heavy atom. The van der Waals surface area contributed by atoms with Gasteiger partial charge in [0.05, 0.1) is 11.3 Å². The van der Waals surface area contributed by atoms with E-state index in [0.717, 1.165) is 11.5 Å². The Morgan fingerprint density at radius 3 is 2.46 bits per heavy atom. The predicted molar refractivity (Wildman–Crippen MR) is 151 cm³/mol. The Morgan fingerprint density at radius 2 is 1.92 bits per heavy atom. The van der Waals surface area contributed by atoms with Crippen molar-refractivity contribution >= 4 is 79.8 Å². The number of aryl methyl sites for hydroxylation is 1. The molecule has 1 aromatic heterocycles. The molecule has 0 aromatic carbocycles. The zero-order valence-electron chi connectivity index (χ0n) is 22.6. The highest BCUT2D eigenvalue weighted by Crippen LogP contribution is 2.46. The van der Waals surface area contributed by atoms with E-state index in [1.54, 1.807) is 34.4 Å². The van der Waals surface area contributed by atoms with Crippen LogP contribution in [-0.4, -0.2) is 86.0 Å². The molecule has 3 atom stereocenters. The summed E-state index contributed by atoms with van der Waals surface area (Å²) in [4.78, 5) is 63.0. The third-order valence-corrected chi connectivity index (χ3v) is 8.20. The molecule has 1 fully saturated rings. The smallest absolute Gasteiger partial charge is 0.356 e. The second kappa shape index (κ2) is 12.2. The second-order valence-electron chi connectivity index (χ2n) is 10.3. The normalized spacial score (nSPS) is 20.7. The summed E-state index contributed by atoms with van der Waals surface area (Å²) in [5, 5.41) is 4.08. The third-order valence-electron chi connectivity index (χ3n) is 5.40. The topological polar surface area (TPSA) is 137 Å². The maximum absolute atomic E-state index is 13.5. The van der Waals surface area contributed by atoms with Crippen LogP contribution in [0.2, 0.25) is 0 Å². The molecule has 210 valence electrons. The lowest BCUT2D eigenvalue weighted by Crippen LogP contribution is -2.62. The lowest BCUT2D eigenvalue weighted by molar-refractivity contribution is -0.179. The third kappa shape index (κ3) is 7.39. The summed E-state index contributed by atoms with van der Waals surface area (Å²) < 4.78 is 14.7. The number of aromatic nitrogens is 2. The molecule has 3 rings (SSSR count). The summed E-state index contributed by atoms with van der Waals surface area (Å²) in [5.41, 5.74) is -1.87. The van der Waals surface area contributed by atoms with Crippen LogP contribution in [0.5, 0.6) is 0 Å². The van der Waals surface area contributed by atoms with Gasteiger partial charge in [-0.15, -0.1) is 23.4 Å². The monoisotopic (exact) mass is 614 g/mol. The number of esters is 1. The van der Waals surface area contributed by atoms with Crippen molar-refractivity contribution in [1.29, 1.82) is 0 Å². The highest BCUT2D eigenvalue weighted by molar-refractivity contribution is 8.00. The van der Waals surface area contributed by atoms with Crippen LogP contribution in [0.25, 0.3) is 0 Å². The van der Waals surface area contributed by atoms with Crippen LogP contribution in [0, 0.1) is 12.8 Å². The number of amides is 1. The number of alkyl halides is 1. The molecule has 11 nitrogen and oxygen atoms in total. The Kier molecular flexibility index (Phi) is 9.89. The molecule has 0 aliphatic carbocycles. The van der Waals surface area contributed by atoms with Crippen molar-refractivity contribution in [3.8, 4) is 0 Å². The Bertz CT molecular complexity index is 1230. The van der Waals surface area contributed by atoms with Crippen molar-refractivity contribution in [2.24, 2.45) is 11.1 Å². The number of β-lactam (4-membered cyclic amide) rings is 1. The molecule has 1 aromatic rings. The summed E-state index contributed by atoms with van der Waals surface area (Å²) >= 11 is 8.49. The number of fused-ring (bicyclic) bond motifs is 1. The van der Waals surface area contributed by atoms with E-state index in [0.29, 0.717) is 16.3 Å². The second-order valence-corrected chi connectivity index (χ2v) is 13.9. The van der Waals surface area contributed by atoms with Crippen molar-refractivity contribution in [3.05, 3.63) is 22.1 Å². The molecular weight excluding hydrogens is 586 g/mol. The first-order valence-electron chi connectivity index (χ1n) is 11.8. The molecule has 0 bridgehead atoms. The molecule has 1 saturated heterocycles. The van der Waals surface area contributed by atoms with E-state index in [1.165, 1.54) is 30.5 Å². The average molecular weight is 615 g/mol. The van der Waals surface area contributed by atoms with Gasteiger partial charge in [-0.05, 0) is 65.3 Å². The van der Waals surface area contributed by atoms with Crippen LogP contribution in [0.15, 0.2) is 16.4 Å². The van der Waals surface area contributed by atoms with Gasteiger partial charge < -0.3 is 14.1 Å². The SMILES string of the molecule is [B]P(C)OC(=O)C1=C(CCl)CSC2[C@H](CC(=O)/C(=N\OC(C)(C)C(=O)OC(C)(C)C)c3nsc(C)n3)C(=O)N12. The summed E-state index contributed by atoms with van der Waals surface area (Å²) in [5.74, 6) is -2.66. The Hall–Kier alpha value is -2.02. The first-order chi connectivity index (χ1) is 18.1. The van der Waals surface area contributed by atoms with E-state index in [2.05, 4.69) is 14.5 Å². The van der Waals surface area contributed by atoms with E-state index in [9.17, 15) is 19.2 Å². The van der Waals surface area contributed by atoms with Crippen LogP contribution in [0.4, 0.5) is 0 Å². The molecule has 2 aliphatic heterocycles. The fourth-order valence-electron chi connectivity index (χ4n) is 3.59. The highest BCUT2D eigenvalue weighted by Gasteiger charge is 2.54. The van der Waals surface area contributed by atoms with Gasteiger partial charge in [-0.1, -0.05) is 5.16 Å². The van der Waals surface area contributed by atoms with Gasteiger partial charge in [0.25, 0.3) is 0 Å². The number of ether oxygens (including phenoxy) is 1. The van der Waals surface area contributed by atoms with E-state index in [-0.39, 0.29) is 29.5 Å². The van der Waals surface area contributed by atoms with Crippen molar-refractivity contribution in [2.75, 3.05) is 18.3 Å². The number of ketones is 1. The van der Waals surface area contributed by atoms with Gasteiger partial charge in [-0.2, -0.15) is 4.37 Å². The maximum atomic E-state index is 13.5. The first kappa shape index (κ1) is 31.5. The molecule has 3 heterocycles. The van der Waals surface area contributed by atoms with Crippen molar-refractivity contribution in [3.63, 3.8) is 0 Å². The van der Waals surface area contributed by atoms with Crippen molar-refractivity contribution < 1.29 is 33.3 Å². The molecule has 16 heteroatoms. The summed E-state index contributed by atoms with van der Waals surface area (Å²) in [6.45, 7) is 11.4. The maximum Gasteiger partial charge on any atom is 0.356 e. The molecule has 0 spiro atoms. The van der Waals surface area contributed by atoms with E-state index in [4.69, 9.17) is 33.3 Å². The summed E-state index contributed by atoms with van der Waals surface area (Å²) in [6, 6.07) is 0. The summed E-state index contributed by atoms with van der Waals surface area (Å²) in [7, 11) is 4.16. The van der Waals surface area contributed by atoms with Gasteiger partial charge in [0.15, 0.2) is 24.9 Å². The van der Waals surface area contributed by atoms with Crippen molar-refractivity contribution in [2.45, 2.75) is 64.5 Å². The average Bonchev–Trinajstić information content (AvgIpc) is 3.25. The fraction of sp³-hybridized carbons (Fsp3) is 0.609. The van der Waals surface area contributed by atoms with Crippen LogP contribution in [-0.2, 0) is 33.3 Å². The lowest BCUT2D eigenvalue weighted by atomic mass is 9.89. The molecule has 39 heavy (non-hydrogen) atoms. The Labute approximate surface area is 242 Å². The van der Waals surface area contributed by atoms with Crippen LogP contribution >= 0.6 is 42.9 Å². The number of hydrogen-bond donors (Lipinski definition) is 0. The van der Waals surface area contributed by atoms with Crippen LogP contribution in [0.3, 0.4) is 0 Å². The van der Waals surface area contributed by atoms with E-state index < -0.39 is 54.1 Å². The number of carbonyl (C=O) groups excluding carboxylic acids is 4. The standard InChI is InChI=1S/C23H29BClN4O7PS2/c1-11-26-17(28-39-11)15(27-36-23(5,6)21(33)34-22(2,3)4)14(30)8-13-18(31)29-16(20(32)35-37(7)24)12(9-25)10-38-19(13)29/h13,19H,8-10H2,1-7H3/b27-15+/t13-,19?,37?/m1/s1. The van der Waals surface area contributed by atoms with Crippen LogP contribution in [0.1, 0.15) is 51.9 Å². The van der Waals surface area contributed by atoms with Gasteiger partial charge in [0.2, 0.25) is 11.5 Å². The van der Waals surface area contributed by atoms with Crippen molar-refractivity contribution in [1.82, 2.24) is 14.3 Å². The zero-order valence-corrected chi connectivity index (χ0v) is 25.9. The van der Waals surface area contributed by atoms with Gasteiger partial charge >= 0.3 is 11.9 Å². The minimum absolute atomic E-state index is 0.0234. The predicted octanol–water partition coefficient (Wildman–Crippen LogP) is 3.32. The minimum atomic E-state index is -1.52. The number of rotatable bonds is 10. The number of oxime groups is 1. The minimum Gasteiger partial charge on any atom is -0.457 e. The summed E-state index contributed by atoms with van der Waals surface area (Å²) in [6.07, 6.45) is -0.240.